The van der Waals surface area contributed by atoms with Gasteiger partial charge in [0.05, 0.1) is 0 Å². The van der Waals surface area contributed by atoms with Crippen LogP contribution in [0.15, 0.2) is 24.3 Å². The second-order valence-corrected chi connectivity index (χ2v) is 5.61. The van der Waals surface area contributed by atoms with Gasteiger partial charge in [0.1, 0.15) is 5.60 Å². The van der Waals surface area contributed by atoms with Crippen molar-refractivity contribution in [1.29, 1.82) is 0 Å². The first kappa shape index (κ1) is 13.4. The number of piperidine rings is 1. The number of amides is 1. The van der Waals surface area contributed by atoms with E-state index < -0.39 is 0 Å². The van der Waals surface area contributed by atoms with Crippen LogP contribution in [0.4, 0.5) is 10.5 Å². The average Bonchev–Trinajstić information content (AvgIpc) is 2.48. The summed E-state index contributed by atoms with van der Waals surface area (Å²) in [7, 11) is 0. The highest BCUT2D eigenvalue weighted by molar-refractivity contribution is 5.88. The first-order valence-electron chi connectivity index (χ1n) is 7.23. The molecule has 108 valence electrons. The Balaban J connectivity index is 1.75. The molecule has 1 aromatic carbocycles. The Morgan fingerprint density at radius 3 is 3.00 bits per heavy atom. The molecule has 0 radical (unpaired) electrons. The molecule has 3 N–H and O–H groups in total. The standard InChI is InChI=1S/C15H21N3O2/c16-10-12-3-1-4-13(9-12)18-8-6-15(20-14(18)19)5-2-7-17-11-15/h1,3-4,9,17H,2,5-8,10-11,16H2. The van der Waals surface area contributed by atoms with Crippen LogP contribution in [0.3, 0.4) is 0 Å². The van der Waals surface area contributed by atoms with Gasteiger partial charge in [-0.15, -0.1) is 0 Å². The molecule has 2 heterocycles. The van der Waals surface area contributed by atoms with Gasteiger partial charge in [-0.1, -0.05) is 12.1 Å². The Morgan fingerprint density at radius 2 is 2.30 bits per heavy atom. The highest BCUT2D eigenvalue weighted by Gasteiger charge is 2.41. The lowest BCUT2D eigenvalue weighted by Gasteiger charge is -2.43. The first-order chi connectivity index (χ1) is 9.72. The predicted molar refractivity (Wildman–Crippen MR) is 77.6 cm³/mol. The van der Waals surface area contributed by atoms with Gasteiger partial charge in [0.2, 0.25) is 0 Å². The Morgan fingerprint density at radius 1 is 1.40 bits per heavy atom. The van der Waals surface area contributed by atoms with Crippen molar-refractivity contribution in [2.24, 2.45) is 5.73 Å². The number of nitrogens with one attached hydrogen (secondary N) is 1. The van der Waals surface area contributed by atoms with Gasteiger partial charge in [-0.2, -0.15) is 0 Å². The van der Waals surface area contributed by atoms with E-state index in [4.69, 9.17) is 10.5 Å². The Bertz CT molecular complexity index is 498. The molecule has 2 aliphatic rings. The molecule has 0 saturated carbocycles. The lowest BCUT2D eigenvalue weighted by Crippen LogP contribution is -2.56. The van der Waals surface area contributed by atoms with E-state index in [0.717, 1.165) is 43.6 Å². The number of ether oxygens (including phenoxy) is 1. The Hall–Kier alpha value is -1.59. The first-order valence-corrected chi connectivity index (χ1v) is 7.23. The summed E-state index contributed by atoms with van der Waals surface area (Å²) >= 11 is 0. The minimum Gasteiger partial charge on any atom is -0.441 e. The molecule has 5 nitrogen and oxygen atoms in total. The molecule has 20 heavy (non-hydrogen) atoms. The molecule has 3 rings (SSSR count). The third kappa shape index (κ3) is 2.51. The number of anilines is 1. The second-order valence-electron chi connectivity index (χ2n) is 5.61. The van der Waals surface area contributed by atoms with E-state index in [2.05, 4.69) is 5.32 Å². The van der Waals surface area contributed by atoms with E-state index in [1.165, 1.54) is 0 Å². The van der Waals surface area contributed by atoms with Crippen molar-refractivity contribution in [3.05, 3.63) is 29.8 Å². The van der Waals surface area contributed by atoms with Gasteiger partial charge < -0.3 is 15.8 Å². The van der Waals surface area contributed by atoms with Crippen LogP contribution < -0.4 is 16.0 Å². The second kappa shape index (κ2) is 5.42. The number of rotatable bonds is 2. The molecule has 1 amide bonds. The van der Waals surface area contributed by atoms with E-state index in [-0.39, 0.29) is 11.7 Å². The highest BCUT2D eigenvalue weighted by Crippen LogP contribution is 2.32. The minimum atomic E-state index is -0.294. The molecule has 0 aromatic heterocycles. The van der Waals surface area contributed by atoms with Crippen molar-refractivity contribution in [2.45, 2.75) is 31.4 Å². The summed E-state index contributed by atoms with van der Waals surface area (Å²) in [6.07, 6.45) is 2.66. The molecule has 1 spiro atoms. The van der Waals surface area contributed by atoms with Crippen LogP contribution in [0.2, 0.25) is 0 Å². The third-order valence-electron chi connectivity index (χ3n) is 4.21. The number of carbonyl (C=O) groups excluding carboxylic acids is 1. The van der Waals surface area contributed by atoms with E-state index >= 15 is 0 Å². The van der Waals surface area contributed by atoms with Gasteiger partial charge in [-0.3, -0.25) is 4.90 Å². The van der Waals surface area contributed by atoms with Crippen molar-refractivity contribution in [3.63, 3.8) is 0 Å². The average molecular weight is 275 g/mol. The number of hydrogen-bond acceptors (Lipinski definition) is 4. The Kier molecular flexibility index (Phi) is 3.63. The number of nitrogens with two attached hydrogens (primary N) is 1. The fourth-order valence-electron chi connectivity index (χ4n) is 3.02. The fourth-order valence-corrected chi connectivity index (χ4v) is 3.02. The topological polar surface area (TPSA) is 67.6 Å². The van der Waals surface area contributed by atoms with Crippen LogP contribution >= 0.6 is 0 Å². The fraction of sp³-hybridized carbons (Fsp3) is 0.533. The number of hydrogen-bond donors (Lipinski definition) is 2. The van der Waals surface area contributed by atoms with Gasteiger partial charge >= 0.3 is 6.09 Å². The Labute approximate surface area is 119 Å². The molecule has 1 atom stereocenters. The molecule has 2 aliphatic heterocycles. The maximum Gasteiger partial charge on any atom is 0.414 e. The molecular formula is C15H21N3O2. The zero-order chi connectivity index (χ0) is 14.0. The van der Waals surface area contributed by atoms with Crippen molar-refractivity contribution >= 4 is 11.8 Å². The highest BCUT2D eigenvalue weighted by atomic mass is 16.6. The smallest absolute Gasteiger partial charge is 0.414 e. The number of carbonyl (C=O) groups is 1. The van der Waals surface area contributed by atoms with Crippen LogP contribution in [0, 0.1) is 0 Å². The number of nitrogens with zero attached hydrogens (tertiary/aromatic N) is 1. The summed E-state index contributed by atoms with van der Waals surface area (Å²) in [5, 5.41) is 3.33. The summed E-state index contributed by atoms with van der Waals surface area (Å²) in [5.74, 6) is 0. The van der Waals surface area contributed by atoms with E-state index in [1.807, 2.05) is 24.3 Å². The lowest BCUT2D eigenvalue weighted by atomic mass is 9.89. The van der Waals surface area contributed by atoms with Crippen LogP contribution in [0.25, 0.3) is 0 Å². The molecular weight excluding hydrogens is 254 g/mol. The zero-order valence-corrected chi connectivity index (χ0v) is 11.6. The van der Waals surface area contributed by atoms with Crippen molar-refractivity contribution < 1.29 is 9.53 Å². The SMILES string of the molecule is NCc1cccc(N2CCC3(CCCNC3)OC2=O)c1. The molecule has 1 aromatic rings. The monoisotopic (exact) mass is 275 g/mol. The van der Waals surface area contributed by atoms with Gasteiger partial charge in [0, 0.05) is 31.7 Å². The summed E-state index contributed by atoms with van der Waals surface area (Å²) in [6, 6.07) is 7.78. The normalized spacial score (nSPS) is 26.6. The summed E-state index contributed by atoms with van der Waals surface area (Å²) in [5.41, 5.74) is 7.25. The molecule has 0 bridgehead atoms. The molecule has 2 saturated heterocycles. The van der Waals surface area contributed by atoms with Crippen LogP contribution in [0.5, 0.6) is 0 Å². The molecule has 2 fully saturated rings. The zero-order valence-electron chi connectivity index (χ0n) is 11.6. The van der Waals surface area contributed by atoms with Crippen LogP contribution in [0.1, 0.15) is 24.8 Å². The summed E-state index contributed by atoms with van der Waals surface area (Å²) in [4.78, 5) is 14.0. The largest absolute Gasteiger partial charge is 0.441 e. The van der Waals surface area contributed by atoms with E-state index in [0.29, 0.717) is 13.1 Å². The maximum atomic E-state index is 12.3. The van der Waals surface area contributed by atoms with Gasteiger partial charge in [-0.25, -0.2) is 4.79 Å². The van der Waals surface area contributed by atoms with Crippen molar-refractivity contribution in [2.75, 3.05) is 24.5 Å². The van der Waals surface area contributed by atoms with Gasteiger partial charge in [0.25, 0.3) is 0 Å². The molecule has 1 unspecified atom stereocenters. The summed E-state index contributed by atoms with van der Waals surface area (Å²) in [6.45, 7) is 2.97. The minimum absolute atomic E-state index is 0.242. The molecule has 0 aliphatic carbocycles. The third-order valence-corrected chi connectivity index (χ3v) is 4.21. The predicted octanol–water partition coefficient (Wildman–Crippen LogP) is 1.61. The van der Waals surface area contributed by atoms with Crippen molar-refractivity contribution in [1.82, 2.24) is 5.32 Å². The van der Waals surface area contributed by atoms with Crippen LogP contribution in [-0.2, 0) is 11.3 Å². The van der Waals surface area contributed by atoms with Gasteiger partial charge in [0.15, 0.2) is 0 Å². The van der Waals surface area contributed by atoms with E-state index in [1.54, 1.807) is 4.90 Å². The van der Waals surface area contributed by atoms with Crippen molar-refractivity contribution in [3.8, 4) is 0 Å². The summed E-state index contributed by atoms with van der Waals surface area (Å²) < 4.78 is 5.75. The molecule has 5 heteroatoms. The van der Waals surface area contributed by atoms with E-state index in [9.17, 15) is 4.79 Å². The van der Waals surface area contributed by atoms with Crippen LogP contribution in [-0.4, -0.2) is 31.3 Å². The lowest BCUT2D eigenvalue weighted by molar-refractivity contribution is -0.0211. The quantitative estimate of drug-likeness (QED) is 0.860. The maximum absolute atomic E-state index is 12.3. The number of benzene rings is 1. The van der Waals surface area contributed by atoms with Gasteiger partial charge in [-0.05, 0) is 37.1 Å².